The Hall–Kier alpha value is -5.23. The molecule has 2 aromatic heterocycles. The Morgan fingerprint density at radius 2 is 0.843 bits per heavy atom. The molecule has 0 aliphatic carbocycles. The third-order valence-electron chi connectivity index (χ3n) is 8.32. The number of aromatic nitrogens is 2. The van der Waals surface area contributed by atoms with Crippen molar-refractivity contribution >= 4 is 20.5 Å². The van der Waals surface area contributed by atoms with Gasteiger partial charge in [0.15, 0.2) is 0 Å². The number of pyridine rings is 2. The zero-order chi connectivity index (χ0) is 35.5. The fraction of sp³-hybridized carbons (Fsp3) is 0.190. The van der Waals surface area contributed by atoms with E-state index in [1.54, 1.807) is 0 Å². The number of rotatable bonds is 16. The van der Waals surface area contributed by atoms with Gasteiger partial charge in [0.05, 0.1) is 24.6 Å². The average molecular weight is 707 g/mol. The molecule has 0 aliphatic heterocycles. The van der Waals surface area contributed by atoms with E-state index in [1.165, 1.54) is 0 Å². The third-order valence-corrected chi connectivity index (χ3v) is 9.31. The molecule has 0 fully saturated rings. The van der Waals surface area contributed by atoms with Gasteiger partial charge in [0.1, 0.15) is 34.2 Å². The lowest BCUT2D eigenvalue weighted by Gasteiger charge is -2.44. The van der Waals surface area contributed by atoms with Crippen LogP contribution in [0.2, 0.25) is 12.1 Å². The molecule has 2 atom stereocenters. The molecule has 0 amide bonds. The topological polar surface area (TPSA) is 71.9 Å². The van der Waals surface area contributed by atoms with Gasteiger partial charge in [-0.2, -0.15) is 0 Å². The molecule has 6 rings (SSSR count). The SMILES string of the molecule is CCOc1ccc(C(C[Si])(OC(C[Si])(c2ccc(OCC)cc2)c2cccc(Oc3ccccc3)n2)c2cccc(Oc3ccccc3)n2)cc1. The maximum Gasteiger partial charge on any atom is 0.219 e. The van der Waals surface area contributed by atoms with Crippen molar-refractivity contribution in [2.75, 3.05) is 13.2 Å². The van der Waals surface area contributed by atoms with E-state index >= 15 is 0 Å². The van der Waals surface area contributed by atoms with E-state index in [-0.39, 0.29) is 0 Å². The first kappa shape index (κ1) is 35.6. The van der Waals surface area contributed by atoms with Gasteiger partial charge >= 0.3 is 0 Å². The lowest BCUT2D eigenvalue weighted by molar-refractivity contribution is -0.110. The predicted octanol–water partition coefficient (Wildman–Crippen LogP) is 9.24. The Morgan fingerprint density at radius 1 is 0.451 bits per heavy atom. The molecule has 0 aliphatic rings. The van der Waals surface area contributed by atoms with Crippen LogP contribution in [0.15, 0.2) is 146 Å². The van der Waals surface area contributed by atoms with Gasteiger partial charge in [-0.05, 0) is 97.7 Å². The highest BCUT2D eigenvalue weighted by atomic mass is 28.1. The summed E-state index contributed by atoms with van der Waals surface area (Å²) in [6.45, 7) is 5.03. The first-order chi connectivity index (χ1) is 25.0. The van der Waals surface area contributed by atoms with Gasteiger partial charge in [0, 0.05) is 32.6 Å². The summed E-state index contributed by atoms with van der Waals surface area (Å²) >= 11 is 0. The van der Waals surface area contributed by atoms with Crippen LogP contribution in [0.5, 0.6) is 34.8 Å². The summed E-state index contributed by atoms with van der Waals surface area (Å²) in [6, 6.07) is 47.1. The molecule has 51 heavy (non-hydrogen) atoms. The summed E-state index contributed by atoms with van der Waals surface area (Å²) in [6.07, 6.45) is 0. The van der Waals surface area contributed by atoms with E-state index in [1.807, 2.05) is 159 Å². The molecule has 0 saturated carbocycles. The summed E-state index contributed by atoms with van der Waals surface area (Å²) in [5, 5.41) is 0. The van der Waals surface area contributed by atoms with Crippen molar-refractivity contribution in [2.24, 2.45) is 0 Å². The van der Waals surface area contributed by atoms with Crippen molar-refractivity contribution in [3.63, 3.8) is 0 Å². The Bertz CT molecular complexity index is 1840. The second kappa shape index (κ2) is 16.7. The summed E-state index contributed by atoms with van der Waals surface area (Å²) in [7, 11) is 7.91. The standard InChI is InChI=1S/C42H38N2O5Si2/c1-3-45-33-25-21-31(22-26-33)41(29-50,37-17-11-19-39(43-37)47-35-13-7-5-8-14-35)49-42(30-51,32-23-27-34(28-24-32)46-4-2)38-18-12-20-40(44-38)48-36-15-9-6-10-16-36/h5-28H,3-4,29-30H2,1-2H3. The van der Waals surface area contributed by atoms with Crippen LogP contribution in [0.25, 0.3) is 0 Å². The molecular formula is C42H38N2O5Si2. The lowest BCUT2D eigenvalue weighted by Crippen LogP contribution is -2.43. The monoisotopic (exact) mass is 706 g/mol. The van der Waals surface area contributed by atoms with Crippen molar-refractivity contribution in [1.82, 2.24) is 9.97 Å². The van der Waals surface area contributed by atoms with E-state index in [0.717, 1.165) is 22.6 Å². The largest absolute Gasteiger partial charge is 0.494 e. The molecule has 0 bridgehead atoms. The van der Waals surface area contributed by atoms with Gasteiger partial charge in [0.2, 0.25) is 11.8 Å². The minimum Gasteiger partial charge on any atom is -0.494 e. The Morgan fingerprint density at radius 3 is 1.20 bits per heavy atom. The number of para-hydroxylation sites is 2. The summed E-state index contributed by atoms with van der Waals surface area (Å²) in [5.74, 6) is 3.72. The van der Waals surface area contributed by atoms with Gasteiger partial charge in [-0.25, -0.2) is 9.97 Å². The van der Waals surface area contributed by atoms with Crippen LogP contribution in [0.4, 0.5) is 0 Å². The smallest absolute Gasteiger partial charge is 0.219 e. The predicted molar refractivity (Wildman–Crippen MR) is 200 cm³/mol. The third kappa shape index (κ3) is 8.07. The normalized spacial score (nSPS) is 13.4. The van der Waals surface area contributed by atoms with Crippen molar-refractivity contribution < 1.29 is 23.7 Å². The van der Waals surface area contributed by atoms with Crippen LogP contribution in [-0.4, -0.2) is 43.7 Å². The summed E-state index contributed by atoms with van der Waals surface area (Å²) in [4.78, 5) is 10.1. The second-order valence-electron chi connectivity index (χ2n) is 11.6. The van der Waals surface area contributed by atoms with Crippen molar-refractivity contribution in [3.8, 4) is 34.8 Å². The highest BCUT2D eigenvalue weighted by Crippen LogP contribution is 2.48. The van der Waals surface area contributed by atoms with Crippen LogP contribution in [0.3, 0.4) is 0 Å². The number of hydrogen-bond donors (Lipinski definition) is 0. The van der Waals surface area contributed by atoms with Gasteiger partial charge in [-0.1, -0.05) is 72.8 Å². The summed E-state index contributed by atoms with van der Waals surface area (Å²) < 4.78 is 31.8. The molecule has 0 saturated heterocycles. The molecule has 9 heteroatoms. The van der Waals surface area contributed by atoms with E-state index in [0.29, 0.717) is 59.9 Å². The Kier molecular flexibility index (Phi) is 11.6. The first-order valence-corrected chi connectivity index (χ1v) is 18.3. The maximum atomic E-state index is 7.66. The van der Waals surface area contributed by atoms with E-state index < -0.39 is 11.2 Å². The van der Waals surface area contributed by atoms with Crippen LogP contribution in [-0.2, 0) is 15.9 Å². The quantitative estimate of drug-likeness (QED) is 0.0930. The fourth-order valence-electron chi connectivity index (χ4n) is 5.86. The first-order valence-electron chi connectivity index (χ1n) is 16.9. The number of benzene rings is 4. The fourth-order valence-corrected chi connectivity index (χ4v) is 6.77. The second-order valence-corrected chi connectivity index (χ2v) is 12.3. The highest BCUT2D eigenvalue weighted by molar-refractivity contribution is 6.10. The molecule has 2 heterocycles. The van der Waals surface area contributed by atoms with Crippen molar-refractivity contribution in [2.45, 2.75) is 37.1 Å². The van der Waals surface area contributed by atoms with Crippen LogP contribution >= 0.6 is 0 Å². The van der Waals surface area contributed by atoms with Crippen molar-refractivity contribution in [1.29, 1.82) is 0 Å². The van der Waals surface area contributed by atoms with Gasteiger partial charge in [0.25, 0.3) is 0 Å². The number of nitrogens with zero attached hydrogens (tertiary/aromatic N) is 2. The molecular weight excluding hydrogens is 669 g/mol. The average Bonchev–Trinajstić information content (AvgIpc) is 3.18. The Balaban J connectivity index is 1.54. The maximum absolute atomic E-state index is 7.66. The number of hydrogen-bond acceptors (Lipinski definition) is 7. The van der Waals surface area contributed by atoms with Crippen molar-refractivity contribution in [3.05, 3.63) is 168 Å². The van der Waals surface area contributed by atoms with Crippen LogP contribution in [0.1, 0.15) is 36.4 Å². The molecule has 0 spiro atoms. The van der Waals surface area contributed by atoms with Crippen LogP contribution < -0.4 is 18.9 Å². The zero-order valence-corrected chi connectivity index (χ0v) is 30.6. The molecule has 6 radical (unpaired) electrons. The Labute approximate surface area is 306 Å². The molecule has 7 nitrogen and oxygen atoms in total. The van der Waals surface area contributed by atoms with Gasteiger partial charge in [-0.3, -0.25) is 0 Å². The van der Waals surface area contributed by atoms with E-state index in [9.17, 15) is 0 Å². The minimum atomic E-state index is -1.18. The van der Waals surface area contributed by atoms with E-state index in [4.69, 9.17) is 33.7 Å². The van der Waals surface area contributed by atoms with Gasteiger partial charge < -0.3 is 23.7 Å². The summed E-state index contributed by atoms with van der Waals surface area (Å²) in [5.41, 5.74) is 0.584. The van der Waals surface area contributed by atoms with Crippen LogP contribution in [0, 0.1) is 0 Å². The lowest BCUT2D eigenvalue weighted by atomic mass is 9.86. The molecule has 6 aromatic rings. The highest BCUT2D eigenvalue weighted by Gasteiger charge is 2.47. The molecule has 254 valence electrons. The molecule has 0 N–H and O–H groups in total. The zero-order valence-electron chi connectivity index (χ0n) is 28.6. The molecule has 2 unspecified atom stereocenters. The number of ether oxygens (including phenoxy) is 5. The molecule has 4 aromatic carbocycles. The van der Waals surface area contributed by atoms with Gasteiger partial charge in [-0.15, -0.1) is 0 Å². The minimum absolute atomic E-state index is 0.327. The van der Waals surface area contributed by atoms with E-state index in [2.05, 4.69) is 20.5 Å².